The largest absolute Gasteiger partial charge is 0.466 e. The zero-order chi connectivity index (χ0) is 16.3. The minimum absolute atomic E-state index is 0.0547. The minimum Gasteiger partial charge on any atom is -0.466 e. The van der Waals surface area contributed by atoms with Gasteiger partial charge in [0.05, 0.1) is 6.61 Å². The van der Waals surface area contributed by atoms with Gasteiger partial charge < -0.3 is 4.74 Å². The van der Waals surface area contributed by atoms with Crippen LogP contribution in [0.5, 0.6) is 0 Å². The average Bonchev–Trinajstić information content (AvgIpc) is 2.51. The summed E-state index contributed by atoms with van der Waals surface area (Å²) in [5.74, 6) is -0.0547. The fraction of sp³-hybridized carbons (Fsp3) is 0.650. The topological polar surface area (TPSA) is 26.3 Å². The van der Waals surface area contributed by atoms with Crippen molar-refractivity contribution in [2.24, 2.45) is 0 Å². The summed E-state index contributed by atoms with van der Waals surface area (Å²) in [6.45, 7) is 4.56. The van der Waals surface area contributed by atoms with Gasteiger partial charge in [-0.05, 0) is 32.6 Å². The maximum Gasteiger partial charge on any atom is 0.305 e. The van der Waals surface area contributed by atoms with E-state index in [1.54, 1.807) is 0 Å². The number of esters is 1. The van der Waals surface area contributed by atoms with Crippen LogP contribution >= 0.6 is 0 Å². The lowest BCUT2D eigenvalue weighted by molar-refractivity contribution is -0.143. The van der Waals surface area contributed by atoms with Gasteiger partial charge in [-0.1, -0.05) is 75.5 Å². The zero-order valence-electron chi connectivity index (χ0n) is 14.6. The molecule has 0 bridgehead atoms. The van der Waals surface area contributed by atoms with Crippen molar-refractivity contribution in [3.8, 4) is 0 Å². The van der Waals surface area contributed by atoms with E-state index in [2.05, 4.69) is 43.4 Å². The second kappa shape index (κ2) is 17.7. The van der Waals surface area contributed by atoms with Gasteiger partial charge in [0.15, 0.2) is 0 Å². The Morgan fingerprint density at radius 2 is 1.36 bits per heavy atom. The molecule has 2 nitrogen and oxygen atoms in total. The summed E-state index contributed by atoms with van der Waals surface area (Å²) in [4.78, 5) is 11.1. The van der Waals surface area contributed by atoms with E-state index in [0.29, 0.717) is 13.0 Å². The van der Waals surface area contributed by atoms with Crippen LogP contribution in [0.4, 0.5) is 0 Å². The molecule has 0 aromatic carbocycles. The molecule has 0 aromatic heterocycles. The van der Waals surface area contributed by atoms with Crippen molar-refractivity contribution in [2.45, 2.75) is 78.1 Å². The summed E-state index contributed by atoms with van der Waals surface area (Å²) in [6.07, 6.45) is 24.1. The lowest BCUT2D eigenvalue weighted by Crippen LogP contribution is -2.03. The lowest BCUT2D eigenvalue weighted by Gasteiger charge is -2.01. The van der Waals surface area contributed by atoms with Crippen LogP contribution in [0.25, 0.3) is 0 Å². The Hall–Kier alpha value is -1.31. The van der Waals surface area contributed by atoms with Crippen LogP contribution in [-0.2, 0) is 9.53 Å². The summed E-state index contributed by atoms with van der Waals surface area (Å²) in [5, 5.41) is 0. The van der Waals surface area contributed by atoms with E-state index in [9.17, 15) is 4.79 Å². The molecular formula is C20H34O2. The number of rotatable bonds is 14. The number of ether oxygens (including phenoxy) is 1. The Kier molecular flexibility index (Phi) is 16.7. The number of carbonyl (C=O) groups is 1. The molecule has 22 heavy (non-hydrogen) atoms. The van der Waals surface area contributed by atoms with Crippen LogP contribution in [0.2, 0.25) is 0 Å². The van der Waals surface area contributed by atoms with E-state index in [1.807, 2.05) is 6.92 Å². The van der Waals surface area contributed by atoms with E-state index in [1.165, 1.54) is 38.5 Å². The van der Waals surface area contributed by atoms with Crippen molar-refractivity contribution in [3.05, 3.63) is 36.5 Å². The Balaban J connectivity index is 3.31. The van der Waals surface area contributed by atoms with Crippen molar-refractivity contribution in [1.82, 2.24) is 0 Å². The molecule has 0 aliphatic heterocycles. The SMILES string of the molecule is CCCC/C=C/C=C/C=C/CCCCCCCC(=O)OCC. The molecule has 0 heterocycles. The molecule has 126 valence electrons. The summed E-state index contributed by atoms with van der Waals surface area (Å²) < 4.78 is 4.90. The molecule has 0 saturated heterocycles. The van der Waals surface area contributed by atoms with Crippen LogP contribution in [0.3, 0.4) is 0 Å². The quantitative estimate of drug-likeness (QED) is 0.219. The molecule has 0 rings (SSSR count). The maximum atomic E-state index is 11.1. The second-order valence-corrected chi connectivity index (χ2v) is 5.49. The first-order valence-corrected chi connectivity index (χ1v) is 8.95. The first kappa shape index (κ1) is 20.7. The van der Waals surface area contributed by atoms with Gasteiger partial charge in [0.1, 0.15) is 0 Å². The first-order chi connectivity index (χ1) is 10.8. The molecule has 0 saturated carbocycles. The highest BCUT2D eigenvalue weighted by molar-refractivity contribution is 5.69. The van der Waals surface area contributed by atoms with Crippen LogP contribution in [0.1, 0.15) is 78.1 Å². The molecule has 0 aliphatic rings. The summed E-state index contributed by atoms with van der Waals surface area (Å²) in [5.41, 5.74) is 0. The minimum atomic E-state index is -0.0547. The van der Waals surface area contributed by atoms with E-state index in [-0.39, 0.29) is 5.97 Å². The van der Waals surface area contributed by atoms with Crippen LogP contribution in [0, 0.1) is 0 Å². The normalized spacial score (nSPS) is 11.9. The number of hydrogen-bond acceptors (Lipinski definition) is 2. The third kappa shape index (κ3) is 16.7. The number of unbranched alkanes of at least 4 members (excludes halogenated alkanes) is 7. The molecule has 0 unspecified atom stereocenters. The van der Waals surface area contributed by atoms with Gasteiger partial charge >= 0.3 is 5.97 Å². The molecular weight excluding hydrogens is 272 g/mol. The lowest BCUT2D eigenvalue weighted by atomic mass is 10.1. The summed E-state index contributed by atoms with van der Waals surface area (Å²) >= 11 is 0. The third-order valence-corrected chi connectivity index (χ3v) is 3.39. The summed E-state index contributed by atoms with van der Waals surface area (Å²) in [7, 11) is 0. The number of carbonyl (C=O) groups excluding carboxylic acids is 1. The van der Waals surface area contributed by atoms with E-state index in [4.69, 9.17) is 4.74 Å². The molecule has 0 amide bonds. The van der Waals surface area contributed by atoms with Crippen LogP contribution in [0.15, 0.2) is 36.5 Å². The van der Waals surface area contributed by atoms with Crippen molar-refractivity contribution in [2.75, 3.05) is 6.61 Å². The Morgan fingerprint density at radius 3 is 2.00 bits per heavy atom. The van der Waals surface area contributed by atoms with Gasteiger partial charge in [0.2, 0.25) is 0 Å². The third-order valence-electron chi connectivity index (χ3n) is 3.39. The van der Waals surface area contributed by atoms with Gasteiger partial charge in [0, 0.05) is 6.42 Å². The van der Waals surface area contributed by atoms with Crippen molar-refractivity contribution in [3.63, 3.8) is 0 Å². The van der Waals surface area contributed by atoms with Crippen molar-refractivity contribution in [1.29, 1.82) is 0 Å². The fourth-order valence-electron chi connectivity index (χ4n) is 2.09. The van der Waals surface area contributed by atoms with Crippen molar-refractivity contribution < 1.29 is 9.53 Å². The average molecular weight is 306 g/mol. The maximum absolute atomic E-state index is 11.1. The van der Waals surface area contributed by atoms with Gasteiger partial charge in [-0.2, -0.15) is 0 Å². The molecule has 0 spiro atoms. The van der Waals surface area contributed by atoms with Gasteiger partial charge in [-0.15, -0.1) is 0 Å². The van der Waals surface area contributed by atoms with Gasteiger partial charge in [-0.25, -0.2) is 0 Å². The monoisotopic (exact) mass is 306 g/mol. The Labute approximate surface area is 137 Å². The first-order valence-electron chi connectivity index (χ1n) is 8.95. The predicted octanol–water partition coefficient (Wildman–Crippen LogP) is 6.14. The fourth-order valence-corrected chi connectivity index (χ4v) is 2.09. The zero-order valence-corrected chi connectivity index (χ0v) is 14.6. The second-order valence-electron chi connectivity index (χ2n) is 5.49. The van der Waals surface area contributed by atoms with Gasteiger partial charge in [0.25, 0.3) is 0 Å². The van der Waals surface area contributed by atoms with Crippen LogP contribution < -0.4 is 0 Å². The predicted molar refractivity (Wildman–Crippen MR) is 95.9 cm³/mol. The Morgan fingerprint density at radius 1 is 0.773 bits per heavy atom. The Bertz CT molecular complexity index is 327. The van der Waals surface area contributed by atoms with E-state index < -0.39 is 0 Å². The molecule has 0 aromatic rings. The summed E-state index contributed by atoms with van der Waals surface area (Å²) in [6, 6.07) is 0. The van der Waals surface area contributed by atoms with Crippen molar-refractivity contribution >= 4 is 5.97 Å². The smallest absolute Gasteiger partial charge is 0.305 e. The molecule has 0 fully saturated rings. The molecule has 0 N–H and O–H groups in total. The number of allylic oxidation sites excluding steroid dienone is 6. The molecule has 0 aliphatic carbocycles. The number of hydrogen-bond donors (Lipinski definition) is 0. The molecule has 2 heteroatoms. The highest BCUT2D eigenvalue weighted by Crippen LogP contribution is 2.08. The van der Waals surface area contributed by atoms with Gasteiger partial charge in [-0.3, -0.25) is 4.79 Å². The van der Waals surface area contributed by atoms with E-state index >= 15 is 0 Å². The van der Waals surface area contributed by atoms with Crippen LogP contribution in [-0.4, -0.2) is 12.6 Å². The molecule has 0 radical (unpaired) electrons. The van der Waals surface area contributed by atoms with E-state index in [0.717, 1.165) is 19.3 Å². The molecule has 0 atom stereocenters. The highest BCUT2D eigenvalue weighted by atomic mass is 16.5. The standard InChI is InChI=1S/C20H34O2/c1-3-5-6-7-8-9-10-11-12-13-14-15-16-17-18-19-20(21)22-4-2/h7-12H,3-6,13-19H2,1-2H3/b8-7+,10-9+,12-11+. The highest BCUT2D eigenvalue weighted by Gasteiger charge is 2.00.